The average molecular weight is 336 g/mol. The van der Waals surface area contributed by atoms with Crippen LogP contribution in [0.3, 0.4) is 0 Å². The highest BCUT2D eigenvalue weighted by atomic mass is 16.5. The van der Waals surface area contributed by atoms with Crippen molar-refractivity contribution in [3.05, 3.63) is 72.2 Å². The Morgan fingerprint density at radius 2 is 2.00 bits per heavy atom. The molecule has 3 N–H and O–H groups in total. The largest absolute Gasteiger partial charge is 0.380 e. The molecule has 0 aliphatic carbocycles. The summed E-state index contributed by atoms with van der Waals surface area (Å²) in [6.07, 6.45) is 1.76. The minimum Gasteiger partial charge on any atom is -0.380 e. The normalized spacial score (nSPS) is 10.4. The maximum absolute atomic E-state index is 12.0. The van der Waals surface area contributed by atoms with Crippen molar-refractivity contribution in [1.82, 2.24) is 15.3 Å². The first-order valence-corrected chi connectivity index (χ1v) is 7.96. The number of hydrogen-bond donors (Lipinski definition) is 3. The molecule has 0 saturated carbocycles. The van der Waals surface area contributed by atoms with Crippen molar-refractivity contribution in [2.75, 3.05) is 12.4 Å². The number of ether oxygens (including phenoxy) is 1. The third-order valence-electron chi connectivity index (χ3n) is 3.63. The van der Waals surface area contributed by atoms with Crippen molar-refractivity contribution in [1.29, 1.82) is 0 Å². The predicted octanol–water partition coefficient (Wildman–Crippen LogP) is 3.54. The van der Waals surface area contributed by atoms with Gasteiger partial charge in [-0.1, -0.05) is 42.5 Å². The maximum atomic E-state index is 12.0. The summed E-state index contributed by atoms with van der Waals surface area (Å²) in [6, 6.07) is 17.2. The molecule has 2 aromatic carbocycles. The molecule has 0 fully saturated rings. The second-order valence-electron chi connectivity index (χ2n) is 5.55. The van der Waals surface area contributed by atoms with Crippen molar-refractivity contribution in [2.24, 2.45) is 0 Å². The third-order valence-corrected chi connectivity index (χ3v) is 3.63. The van der Waals surface area contributed by atoms with Crippen LogP contribution in [0.1, 0.15) is 11.4 Å². The molecule has 1 aromatic heterocycles. The first-order chi connectivity index (χ1) is 12.2. The summed E-state index contributed by atoms with van der Waals surface area (Å²) in [5, 5.41) is 5.59. The minimum atomic E-state index is -0.285. The van der Waals surface area contributed by atoms with Crippen LogP contribution in [0.15, 0.2) is 60.8 Å². The van der Waals surface area contributed by atoms with Gasteiger partial charge in [0.25, 0.3) is 0 Å². The van der Waals surface area contributed by atoms with Gasteiger partial charge in [-0.3, -0.25) is 0 Å². The molecular weight excluding hydrogens is 316 g/mol. The molecule has 0 atom stereocenters. The zero-order valence-corrected chi connectivity index (χ0v) is 14.0. The molecule has 3 aromatic rings. The summed E-state index contributed by atoms with van der Waals surface area (Å²) < 4.78 is 5.09. The Morgan fingerprint density at radius 1 is 1.16 bits per heavy atom. The molecule has 0 bridgehead atoms. The summed E-state index contributed by atoms with van der Waals surface area (Å²) in [5.74, 6) is 0.696. The second-order valence-corrected chi connectivity index (χ2v) is 5.55. The molecule has 0 aliphatic heterocycles. The monoisotopic (exact) mass is 336 g/mol. The fourth-order valence-electron chi connectivity index (χ4n) is 2.46. The number of hydrogen-bond acceptors (Lipinski definition) is 3. The van der Waals surface area contributed by atoms with Crippen LogP contribution >= 0.6 is 0 Å². The minimum absolute atomic E-state index is 0.285. The number of rotatable bonds is 6. The van der Waals surface area contributed by atoms with Crippen LogP contribution in [0.5, 0.6) is 0 Å². The van der Waals surface area contributed by atoms with E-state index in [2.05, 4.69) is 20.6 Å². The number of nitrogens with one attached hydrogen (secondary N) is 3. The van der Waals surface area contributed by atoms with Gasteiger partial charge in [-0.05, 0) is 23.3 Å². The number of carbonyl (C=O) groups is 1. The maximum Gasteiger partial charge on any atom is 0.319 e. The number of aromatic nitrogens is 2. The highest BCUT2D eigenvalue weighted by molar-refractivity contribution is 5.89. The predicted molar refractivity (Wildman–Crippen MR) is 97.0 cm³/mol. The van der Waals surface area contributed by atoms with Crippen molar-refractivity contribution < 1.29 is 9.53 Å². The number of urea groups is 1. The number of amides is 2. The Kier molecular flexibility index (Phi) is 5.43. The quantitative estimate of drug-likeness (QED) is 0.644. The summed E-state index contributed by atoms with van der Waals surface area (Å²) >= 11 is 0. The number of imidazole rings is 1. The molecule has 0 unspecified atom stereocenters. The highest BCUT2D eigenvalue weighted by Crippen LogP contribution is 2.16. The van der Waals surface area contributed by atoms with E-state index in [9.17, 15) is 4.79 Å². The van der Waals surface area contributed by atoms with Crippen molar-refractivity contribution in [3.8, 4) is 11.3 Å². The van der Waals surface area contributed by atoms with Crippen molar-refractivity contribution in [2.45, 2.75) is 13.2 Å². The molecule has 6 heteroatoms. The first kappa shape index (κ1) is 16.7. The van der Waals surface area contributed by atoms with Crippen LogP contribution in [0.25, 0.3) is 11.3 Å². The summed E-state index contributed by atoms with van der Waals surface area (Å²) in [5.41, 5.74) is 3.70. The lowest BCUT2D eigenvalue weighted by molar-refractivity contribution is 0.185. The number of methoxy groups -OCH3 is 1. The van der Waals surface area contributed by atoms with E-state index in [-0.39, 0.29) is 6.03 Å². The van der Waals surface area contributed by atoms with E-state index in [1.54, 1.807) is 13.3 Å². The Bertz CT molecular complexity index is 830. The lowest BCUT2D eigenvalue weighted by atomic mass is 10.2. The third kappa shape index (κ3) is 4.68. The topological polar surface area (TPSA) is 79.0 Å². The average Bonchev–Trinajstić information content (AvgIpc) is 3.10. The van der Waals surface area contributed by atoms with Crippen LogP contribution in [-0.2, 0) is 17.9 Å². The van der Waals surface area contributed by atoms with Gasteiger partial charge >= 0.3 is 6.03 Å². The van der Waals surface area contributed by atoms with Crippen LogP contribution in [0.2, 0.25) is 0 Å². The lowest BCUT2D eigenvalue weighted by Crippen LogP contribution is -2.28. The fourth-order valence-corrected chi connectivity index (χ4v) is 2.46. The molecule has 0 spiro atoms. The number of benzene rings is 2. The second kappa shape index (κ2) is 8.12. The van der Waals surface area contributed by atoms with E-state index in [1.165, 1.54) is 0 Å². The summed E-state index contributed by atoms with van der Waals surface area (Å²) in [6.45, 7) is 0.822. The number of anilines is 1. The summed E-state index contributed by atoms with van der Waals surface area (Å²) in [4.78, 5) is 19.5. The fraction of sp³-hybridized carbons (Fsp3) is 0.158. The Morgan fingerprint density at radius 3 is 2.80 bits per heavy atom. The molecule has 2 amide bonds. The highest BCUT2D eigenvalue weighted by Gasteiger charge is 2.06. The van der Waals surface area contributed by atoms with Gasteiger partial charge in [-0.2, -0.15) is 0 Å². The van der Waals surface area contributed by atoms with E-state index in [1.807, 2.05) is 54.6 Å². The van der Waals surface area contributed by atoms with Crippen LogP contribution < -0.4 is 10.6 Å². The number of H-pyrrole nitrogens is 1. The van der Waals surface area contributed by atoms with Crippen LogP contribution in [-0.4, -0.2) is 23.1 Å². The van der Waals surface area contributed by atoms with Gasteiger partial charge in [0.2, 0.25) is 0 Å². The van der Waals surface area contributed by atoms with Gasteiger partial charge in [-0.25, -0.2) is 9.78 Å². The number of aromatic amines is 1. The van der Waals surface area contributed by atoms with Crippen molar-refractivity contribution >= 4 is 11.7 Å². The zero-order chi connectivity index (χ0) is 17.5. The molecule has 128 valence electrons. The molecular formula is C19H20N4O2. The number of nitrogens with zero attached hydrogens (tertiary/aromatic N) is 1. The van der Waals surface area contributed by atoms with Gasteiger partial charge in [0.1, 0.15) is 5.82 Å². The SMILES string of the molecule is COCc1cccc(NC(=O)NCc2ncc(-c3ccccc3)[nH]2)c1. The standard InChI is InChI=1S/C19H20N4O2/c1-25-13-14-6-5-9-16(10-14)22-19(24)21-12-18-20-11-17(23-18)15-7-3-2-4-8-15/h2-11H,12-13H2,1H3,(H,20,23)(H2,21,22,24). The molecule has 0 saturated heterocycles. The lowest BCUT2D eigenvalue weighted by Gasteiger charge is -2.08. The molecule has 0 radical (unpaired) electrons. The van der Waals surface area contributed by atoms with Gasteiger partial charge in [0, 0.05) is 12.8 Å². The van der Waals surface area contributed by atoms with Crippen molar-refractivity contribution in [3.63, 3.8) is 0 Å². The molecule has 0 aliphatic rings. The Balaban J connectivity index is 1.54. The van der Waals surface area contributed by atoms with E-state index >= 15 is 0 Å². The van der Waals surface area contributed by atoms with Gasteiger partial charge < -0.3 is 20.4 Å². The van der Waals surface area contributed by atoms with Gasteiger partial charge in [0.05, 0.1) is 25.0 Å². The van der Waals surface area contributed by atoms with Gasteiger partial charge in [0.15, 0.2) is 0 Å². The molecule has 6 nitrogen and oxygen atoms in total. The van der Waals surface area contributed by atoms with Crippen LogP contribution in [0.4, 0.5) is 10.5 Å². The van der Waals surface area contributed by atoms with E-state index in [0.29, 0.717) is 19.0 Å². The first-order valence-electron chi connectivity index (χ1n) is 7.96. The zero-order valence-electron chi connectivity index (χ0n) is 14.0. The van der Waals surface area contributed by atoms with E-state index in [4.69, 9.17) is 4.74 Å². The van der Waals surface area contributed by atoms with E-state index < -0.39 is 0 Å². The van der Waals surface area contributed by atoms with Gasteiger partial charge in [-0.15, -0.1) is 0 Å². The van der Waals surface area contributed by atoms with Crippen LogP contribution in [0, 0.1) is 0 Å². The smallest absolute Gasteiger partial charge is 0.319 e. The number of carbonyl (C=O) groups excluding carboxylic acids is 1. The molecule has 1 heterocycles. The Labute approximate surface area is 146 Å². The molecule has 3 rings (SSSR count). The van der Waals surface area contributed by atoms with E-state index in [0.717, 1.165) is 22.5 Å². The Hall–Kier alpha value is -3.12. The molecule has 25 heavy (non-hydrogen) atoms. The summed E-state index contributed by atoms with van der Waals surface area (Å²) in [7, 11) is 1.64.